The highest BCUT2D eigenvalue weighted by molar-refractivity contribution is 5.68. The van der Waals surface area contributed by atoms with E-state index in [4.69, 9.17) is 15.1 Å². The number of carbonyl (C=O) groups excluding carboxylic acids is 1. The number of hydrogen-bond donors (Lipinski definition) is 1. The topological polar surface area (TPSA) is 76.8 Å². The molecule has 24 heavy (non-hydrogen) atoms. The first kappa shape index (κ1) is 19.9. The molecule has 1 amide bonds. The number of carbonyl (C=O) groups is 1. The summed E-state index contributed by atoms with van der Waals surface area (Å²) in [6.45, 7) is 7.95. The number of β-amino-alcohol motifs (C(OH)–C–C–N with tert-alkyl or cyclic N) is 1. The van der Waals surface area contributed by atoms with Gasteiger partial charge in [-0.3, -0.25) is 4.90 Å². The number of nitrogens with zero attached hydrogens (tertiary/aromatic N) is 3. The fourth-order valence-corrected chi connectivity index (χ4v) is 2.87. The molecule has 2 rings (SSSR count). The van der Waals surface area contributed by atoms with Crippen molar-refractivity contribution in [1.82, 2.24) is 9.80 Å². The lowest BCUT2D eigenvalue weighted by Crippen LogP contribution is -2.58. The zero-order chi connectivity index (χ0) is 17.9. The van der Waals surface area contributed by atoms with Crippen LogP contribution in [0.1, 0.15) is 26.3 Å². The van der Waals surface area contributed by atoms with E-state index in [0.29, 0.717) is 26.2 Å². The Morgan fingerprint density at radius 2 is 1.83 bits per heavy atom. The van der Waals surface area contributed by atoms with Gasteiger partial charge in [-0.2, -0.15) is 5.26 Å². The minimum Gasteiger partial charge on any atom is -0.445 e. The molecule has 1 aliphatic rings. The molecule has 0 unspecified atom stereocenters. The monoisotopic (exact) mass is 333 g/mol. The molecule has 0 radical (unpaired) electrons. The summed E-state index contributed by atoms with van der Waals surface area (Å²) in [4.78, 5) is 16.1. The summed E-state index contributed by atoms with van der Waals surface area (Å²) in [5, 5.41) is 16.4. The summed E-state index contributed by atoms with van der Waals surface area (Å²) < 4.78 is 5.38. The Labute approximate surface area is 144 Å². The summed E-state index contributed by atoms with van der Waals surface area (Å²) >= 11 is 0. The maximum atomic E-state index is 12.2. The van der Waals surface area contributed by atoms with Crippen LogP contribution in [-0.2, 0) is 11.3 Å². The van der Waals surface area contributed by atoms with Gasteiger partial charge in [-0.05, 0) is 19.4 Å². The smallest absolute Gasteiger partial charge is 0.410 e. The van der Waals surface area contributed by atoms with Crippen LogP contribution in [0.2, 0.25) is 0 Å². The highest BCUT2D eigenvalue weighted by Crippen LogP contribution is 2.16. The van der Waals surface area contributed by atoms with Gasteiger partial charge in [-0.1, -0.05) is 30.3 Å². The first-order valence-electron chi connectivity index (χ1n) is 8.16. The molecule has 1 aromatic rings. The largest absolute Gasteiger partial charge is 0.445 e. The highest BCUT2D eigenvalue weighted by atomic mass is 16.6. The lowest BCUT2D eigenvalue weighted by molar-refractivity contribution is 0.0176. The number of piperazine rings is 1. The second-order valence-corrected chi connectivity index (χ2v) is 5.83. The fourth-order valence-electron chi connectivity index (χ4n) is 2.87. The third-order valence-corrected chi connectivity index (χ3v) is 3.92. The second-order valence-electron chi connectivity index (χ2n) is 5.83. The lowest BCUT2D eigenvalue weighted by Gasteiger charge is -2.43. The zero-order valence-corrected chi connectivity index (χ0v) is 14.7. The van der Waals surface area contributed by atoms with Gasteiger partial charge in [0.05, 0.1) is 12.7 Å². The number of nitriles is 1. The first-order chi connectivity index (χ1) is 11.5. The van der Waals surface area contributed by atoms with Crippen molar-refractivity contribution in [3.8, 4) is 6.07 Å². The molecule has 1 aliphatic heterocycles. The maximum absolute atomic E-state index is 12.2. The number of rotatable bonds is 4. The van der Waals surface area contributed by atoms with Gasteiger partial charge in [0.15, 0.2) is 0 Å². The van der Waals surface area contributed by atoms with Crippen molar-refractivity contribution in [2.45, 2.75) is 39.5 Å². The first-order valence-corrected chi connectivity index (χ1v) is 8.16. The molecule has 0 aromatic heterocycles. The van der Waals surface area contributed by atoms with Crippen molar-refractivity contribution in [3.63, 3.8) is 0 Å². The van der Waals surface area contributed by atoms with Crippen LogP contribution in [0.25, 0.3) is 0 Å². The van der Waals surface area contributed by atoms with E-state index in [1.54, 1.807) is 11.0 Å². The second kappa shape index (κ2) is 10.6. The zero-order valence-electron chi connectivity index (χ0n) is 14.7. The molecule has 2 atom stereocenters. The molecule has 0 saturated carbocycles. The summed E-state index contributed by atoms with van der Waals surface area (Å²) in [7, 11) is 0. The minimum absolute atomic E-state index is 0.146. The SMILES string of the molecule is CC#N.C[C@@H]1CN(C(=O)OCc2ccccc2)C[C@H](C)N1CCO. The van der Waals surface area contributed by atoms with E-state index in [1.807, 2.05) is 30.3 Å². The summed E-state index contributed by atoms with van der Waals surface area (Å²) in [6, 6.07) is 11.9. The van der Waals surface area contributed by atoms with E-state index in [0.717, 1.165) is 5.56 Å². The van der Waals surface area contributed by atoms with Crippen LogP contribution in [0.5, 0.6) is 0 Å². The Morgan fingerprint density at radius 1 is 1.29 bits per heavy atom. The average molecular weight is 333 g/mol. The summed E-state index contributed by atoms with van der Waals surface area (Å²) in [5.74, 6) is 0. The van der Waals surface area contributed by atoms with Gasteiger partial charge in [0.25, 0.3) is 0 Å². The molecule has 0 bridgehead atoms. The van der Waals surface area contributed by atoms with Crippen LogP contribution in [0, 0.1) is 11.3 Å². The van der Waals surface area contributed by atoms with E-state index >= 15 is 0 Å². The molecule has 1 aromatic carbocycles. The van der Waals surface area contributed by atoms with Crippen molar-refractivity contribution < 1.29 is 14.6 Å². The van der Waals surface area contributed by atoms with E-state index in [2.05, 4.69) is 18.7 Å². The van der Waals surface area contributed by atoms with Gasteiger partial charge in [-0.15, -0.1) is 0 Å². The molecule has 1 fully saturated rings. The summed E-state index contributed by atoms with van der Waals surface area (Å²) in [6.07, 6.45) is -0.263. The van der Waals surface area contributed by atoms with Crippen molar-refractivity contribution in [2.24, 2.45) is 0 Å². The highest BCUT2D eigenvalue weighted by Gasteiger charge is 2.31. The Balaban J connectivity index is 0.000000891. The van der Waals surface area contributed by atoms with Crippen LogP contribution in [0.15, 0.2) is 30.3 Å². The van der Waals surface area contributed by atoms with Gasteiger partial charge in [0, 0.05) is 38.6 Å². The molecule has 0 spiro atoms. The molecule has 1 saturated heterocycles. The Bertz CT molecular complexity index is 518. The normalized spacial score (nSPS) is 20.5. The Morgan fingerprint density at radius 3 is 2.33 bits per heavy atom. The maximum Gasteiger partial charge on any atom is 0.410 e. The predicted molar refractivity (Wildman–Crippen MR) is 92.2 cm³/mol. The fraction of sp³-hybridized carbons (Fsp3) is 0.556. The van der Waals surface area contributed by atoms with Crippen LogP contribution in [0.3, 0.4) is 0 Å². The van der Waals surface area contributed by atoms with Crippen molar-refractivity contribution in [3.05, 3.63) is 35.9 Å². The van der Waals surface area contributed by atoms with Crippen LogP contribution >= 0.6 is 0 Å². The third-order valence-electron chi connectivity index (χ3n) is 3.92. The number of ether oxygens (including phenoxy) is 1. The van der Waals surface area contributed by atoms with E-state index in [1.165, 1.54) is 6.92 Å². The number of aliphatic hydroxyl groups excluding tert-OH is 1. The molecular weight excluding hydrogens is 306 g/mol. The minimum atomic E-state index is -0.263. The van der Waals surface area contributed by atoms with Crippen molar-refractivity contribution >= 4 is 6.09 Å². The number of benzene rings is 1. The molecule has 132 valence electrons. The third kappa shape index (κ3) is 6.19. The van der Waals surface area contributed by atoms with E-state index < -0.39 is 0 Å². The quantitative estimate of drug-likeness (QED) is 0.914. The Hall–Kier alpha value is -2.10. The van der Waals surface area contributed by atoms with E-state index in [9.17, 15) is 4.79 Å². The lowest BCUT2D eigenvalue weighted by atomic mass is 10.1. The molecule has 0 aliphatic carbocycles. The van der Waals surface area contributed by atoms with Gasteiger partial charge >= 0.3 is 6.09 Å². The standard InChI is InChI=1S/C16H24N2O3.C2H3N/c1-13-10-17(11-14(2)18(13)8-9-19)16(20)21-12-15-6-4-3-5-7-15;1-2-3/h3-7,13-14,19H,8-12H2,1-2H3;1H3/t13-,14+;. The van der Waals surface area contributed by atoms with Crippen molar-refractivity contribution in [1.29, 1.82) is 5.26 Å². The number of aliphatic hydroxyl groups is 1. The molecular formula is C18H27N3O3. The van der Waals surface area contributed by atoms with Gasteiger partial charge in [0.1, 0.15) is 6.61 Å². The van der Waals surface area contributed by atoms with Gasteiger partial charge in [0.2, 0.25) is 0 Å². The van der Waals surface area contributed by atoms with Gasteiger partial charge < -0.3 is 14.7 Å². The van der Waals surface area contributed by atoms with Crippen LogP contribution < -0.4 is 0 Å². The molecule has 6 nitrogen and oxygen atoms in total. The molecule has 6 heteroatoms. The summed E-state index contributed by atoms with van der Waals surface area (Å²) in [5.41, 5.74) is 0.992. The van der Waals surface area contributed by atoms with E-state index in [-0.39, 0.29) is 24.8 Å². The van der Waals surface area contributed by atoms with Gasteiger partial charge in [-0.25, -0.2) is 4.79 Å². The number of hydrogen-bond acceptors (Lipinski definition) is 5. The molecule has 1 N–H and O–H groups in total. The van der Waals surface area contributed by atoms with Crippen LogP contribution in [-0.4, -0.2) is 59.3 Å². The predicted octanol–water partition coefficient (Wildman–Crippen LogP) is 2.24. The average Bonchev–Trinajstić information content (AvgIpc) is 2.57. The number of amides is 1. The Kier molecular flexibility index (Phi) is 8.84. The van der Waals surface area contributed by atoms with Crippen molar-refractivity contribution in [2.75, 3.05) is 26.2 Å². The van der Waals surface area contributed by atoms with Crippen LogP contribution in [0.4, 0.5) is 4.79 Å². The molecule has 1 heterocycles.